The molecule has 14 heavy (non-hydrogen) atoms. The monoisotopic (exact) mass is 196 g/mol. The molecule has 0 radical (unpaired) electrons. The molecule has 0 unspecified atom stereocenters. The van der Waals surface area contributed by atoms with E-state index in [2.05, 4.69) is 12.7 Å². The lowest BCUT2D eigenvalue weighted by Gasteiger charge is -2.13. The second kappa shape index (κ2) is 6.41. The van der Waals surface area contributed by atoms with Crippen molar-refractivity contribution in [3.8, 4) is 0 Å². The zero-order valence-electron chi connectivity index (χ0n) is 9.34. The van der Waals surface area contributed by atoms with E-state index in [1.54, 1.807) is 0 Å². The maximum absolute atomic E-state index is 10.4. The van der Waals surface area contributed by atoms with E-state index in [9.17, 15) is 4.79 Å². The molecular weight excluding hydrogens is 176 g/mol. The van der Waals surface area contributed by atoms with Crippen LogP contribution in [0.5, 0.6) is 0 Å². The molecule has 0 saturated heterocycles. The standard InChI is InChI=1S/C12H20O2/c1-9(2)5-6-11(10(3)4)7-8-12(13)14/h5,11H,3,6-8H2,1-2,4H3,(H,13,14)/t11-/m0/s1. The Morgan fingerprint density at radius 1 is 1.43 bits per heavy atom. The lowest BCUT2D eigenvalue weighted by Crippen LogP contribution is -2.04. The fourth-order valence-corrected chi connectivity index (χ4v) is 1.24. The third-order valence-electron chi connectivity index (χ3n) is 2.21. The van der Waals surface area contributed by atoms with Gasteiger partial charge in [0.25, 0.3) is 0 Å². The number of hydrogen-bond donors (Lipinski definition) is 1. The van der Waals surface area contributed by atoms with E-state index in [4.69, 9.17) is 5.11 Å². The third-order valence-corrected chi connectivity index (χ3v) is 2.21. The second-order valence-electron chi connectivity index (χ2n) is 3.99. The summed E-state index contributed by atoms with van der Waals surface area (Å²) in [4.78, 5) is 10.4. The number of carboxylic acid groups (broad SMARTS) is 1. The fourth-order valence-electron chi connectivity index (χ4n) is 1.24. The number of rotatable bonds is 6. The van der Waals surface area contributed by atoms with Gasteiger partial charge < -0.3 is 5.11 Å². The van der Waals surface area contributed by atoms with E-state index in [1.807, 2.05) is 20.8 Å². The first-order chi connectivity index (χ1) is 6.43. The van der Waals surface area contributed by atoms with Crippen molar-refractivity contribution in [3.63, 3.8) is 0 Å². The molecule has 0 heterocycles. The summed E-state index contributed by atoms with van der Waals surface area (Å²) < 4.78 is 0. The molecule has 1 atom stereocenters. The molecular formula is C12H20O2. The molecule has 0 fully saturated rings. The van der Waals surface area contributed by atoms with Crippen LogP contribution in [0.25, 0.3) is 0 Å². The Hall–Kier alpha value is -1.05. The minimum atomic E-state index is -0.728. The first-order valence-electron chi connectivity index (χ1n) is 4.94. The summed E-state index contributed by atoms with van der Waals surface area (Å²) in [5.74, 6) is -0.422. The Balaban J connectivity index is 4.10. The van der Waals surface area contributed by atoms with Gasteiger partial charge in [-0.05, 0) is 39.5 Å². The maximum atomic E-state index is 10.4. The largest absolute Gasteiger partial charge is 0.481 e. The van der Waals surface area contributed by atoms with Crippen molar-refractivity contribution in [2.75, 3.05) is 0 Å². The van der Waals surface area contributed by atoms with Crippen LogP contribution in [0.2, 0.25) is 0 Å². The van der Waals surface area contributed by atoms with Gasteiger partial charge in [-0.1, -0.05) is 23.8 Å². The zero-order chi connectivity index (χ0) is 11.1. The Bertz CT molecular complexity index is 235. The highest BCUT2D eigenvalue weighted by Crippen LogP contribution is 2.20. The molecule has 0 saturated carbocycles. The molecule has 2 nitrogen and oxygen atoms in total. The van der Waals surface area contributed by atoms with Gasteiger partial charge >= 0.3 is 5.97 Å². The van der Waals surface area contributed by atoms with Gasteiger partial charge in [0.05, 0.1) is 0 Å². The van der Waals surface area contributed by atoms with E-state index in [-0.39, 0.29) is 6.42 Å². The quantitative estimate of drug-likeness (QED) is 0.661. The van der Waals surface area contributed by atoms with Crippen LogP contribution in [0.3, 0.4) is 0 Å². The zero-order valence-corrected chi connectivity index (χ0v) is 9.34. The highest BCUT2D eigenvalue weighted by molar-refractivity contribution is 5.66. The van der Waals surface area contributed by atoms with E-state index < -0.39 is 5.97 Å². The minimum Gasteiger partial charge on any atom is -0.481 e. The number of hydrogen-bond acceptors (Lipinski definition) is 1. The van der Waals surface area contributed by atoms with E-state index in [0.29, 0.717) is 12.3 Å². The van der Waals surface area contributed by atoms with Gasteiger partial charge in [0, 0.05) is 6.42 Å². The molecule has 0 aromatic heterocycles. The average molecular weight is 196 g/mol. The van der Waals surface area contributed by atoms with Crippen LogP contribution in [-0.4, -0.2) is 11.1 Å². The van der Waals surface area contributed by atoms with E-state index in [1.165, 1.54) is 5.57 Å². The minimum absolute atomic E-state index is 0.230. The van der Waals surface area contributed by atoms with Crippen molar-refractivity contribution >= 4 is 5.97 Å². The second-order valence-corrected chi connectivity index (χ2v) is 3.99. The molecule has 80 valence electrons. The summed E-state index contributed by atoms with van der Waals surface area (Å²) in [6.45, 7) is 9.95. The summed E-state index contributed by atoms with van der Waals surface area (Å²) in [7, 11) is 0. The van der Waals surface area contributed by atoms with Gasteiger partial charge in [-0.3, -0.25) is 4.79 Å². The molecule has 0 aromatic rings. The van der Waals surface area contributed by atoms with Crippen LogP contribution in [0.15, 0.2) is 23.8 Å². The average Bonchev–Trinajstić information content (AvgIpc) is 2.02. The predicted molar refractivity (Wildman–Crippen MR) is 59.2 cm³/mol. The van der Waals surface area contributed by atoms with Gasteiger partial charge in [-0.15, -0.1) is 0 Å². The SMILES string of the molecule is C=C(C)[C@@H](CC=C(C)C)CCC(=O)O. The molecule has 0 aromatic carbocycles. The first-order valence-corrected chi connectivity index (χ1v) is 4.94. The number of carboxylic acids is 1. The van der Waals surface area contributed by atoms with Crippen molar-refractivity contribution in [3.05, 3.63) is 23.8 Å². The smallest absolute Gasteiger partial charge is 0.303 e. The molecule has 0 amide bonds. The molecule has 0 aliphatic heterocycles. The summed E-state index contributed by atoms with van der Waals surface area (Å²) in [5.41, 5.74) is 2.34. The molecule has 2 heteroatoms. The van der Waals surface area contributed by atoms with Gasteiger partial charge in [-0.25, -0.2) is 0 Å². The predicted octanol–water partition coefficient (Wildman–Crippen LogP) is 3.40. The number of allylic oxidation sites excluding steroid dienone is 3. The van der Waals surface area contributed by atoms with Gasteiger partial charge in [0.2, 0.25) is 0 Å². The highest BCUT2D eigenvalue weighted by atomic mass is 16.4. The Labute approximate surface area is 86.3 Å². The summed E-state index contributed by atoms with van der Waals surface area (Å²) in [6, 6.07) is 0. The normalized spacial score (nSPS) is 11.9. The van der Waals surface area contributed by atoms with Crippen molar-refractivity contribution in [2.45, 2.75) is 40.0 Å². The number of aliphatic carboxylic acids is 1. The Morgan fingerprint density at radius 3 is 2.36 bits per heavy atom. The van der Waals surface area contributed by atoms with Gasteiger partial charge in [0.1, 0.15) is 0 Å². The third kappa shape index (κ3) is 6.46. The topological polar surface area (TPSA) is 37.3 Å². The maximum Gasteiger partial charge on any atom is 0.303 e. The first kappa shape index (κ1) is 12.9. The van der Waals surface area contributed by atoms with Crippen LogP contribution < -0.4 is 0 Å². The van der Waals surface area contributed by atoms with Crippen LogP contribution in [0.4, 0.5) is 0 Å². The fraction of sp³-hybridized carbons (Fsp3) is 0.583. The van der Waals surface area contributed by atoms with Crippen molar-refractivity contribution < 1.29 is 9.90 Å². The lowest BCUT2D eigenvalue weighted by molar-refractivity contribution is -0.137. The highest BCUT2D eigenvalue weighted by Gasteiger charge is 2.09. The molecule has 0 bridgehead atoms. The van der Waals surface area contributed by atoms with Crippen LogP contribution in [0.1, 0.15) is 40.0 Å². The molecule has 0 rings (SSSR count). The number of carbonyl (C=O) groups is 1. The lowest BCUT2D eigenvalue weighted by atomic mass is 9.92. The summed E-state index contributed by atoms with van der Waals surface area (Å²) in [6.07, 6.45) is 3.97. The van der Waals surface area contributed by atoms with E-state index in [0.717, 1.165) is 12.0 Å². The van der Waals surface area contributed by atoms with Crippen molar-refractivity contribution in [1.82, 2.24) is 0 Å². The van der Waals surface area contributed by atoms with Crippen LogP contribution in [-0.2, 0) is 4.79 Å². The van der Waals surface area contributed by atoms with E-state index >= 15 is 0 Å². The summed E-state index contributed by atoms with van der Waals surface area (Å²) in [5, 5.41) is 8.58. The van der Waals surface area contributed by atoms with Gasteiger partial charge in [-0.2, -0.15) is 0 Å². The van der Waals surface area contributed by atoms with Crippen LogP contribution in [0, 0.1) is 5.92 Å². The van der Waals surface area contributed by atoms with Crippen molar-refractivity contribution in [2.24, 2.45) is 5.92 Å². The van der Waals surface area contributed by atoms with Crippen LogP contribution >= 0.6 is 0 Å². The molecule has 0 aliphatic carbocycles. The van der Waals surface area contributed by atoms with Crippen molar-refractivity contribution in [1.29, 1.82) is 0 Å². The Morgan fingerprint density at radius 2 is 2.00 bits per heavy atom. The molecule has 0 aliphatic rings. The van der Waals surface area contributed by atoms with Gasteiger partial charge in [0.15, 0.2) is 0 Å². The Kier molecular flexibility index (Phi) is 5.93. The molecule has 1 N–H and O–H groups in total. The molecule has 0 spiro atoms. The summed E-state index contributed by atoms with van der Waals surface area (Å²) >= 11 is 0.